The zero-order valence-corrected chi connectivity index (χ0v) is 8.56. The topological polar surface area (TPSA) is 23.8 Å². The first-order chi connectivity index (χ1) is 6.79. The average Bonchev–Trinajstić information content (AvgIpc) is 2.67. The molecule has 14 heavy (non-hydrogen) atoms. The van der Waals surface area contributed by atoms with E-state index in [1.54, 1.807) is 0 Å². The van der Waals surface area contributed by atoms with Crippen molar-refractivity contribution < 1.29 is 0 Å². The van der Waals surface area contributed by atoms with Crippen LogP contribution < -0.4 is 0 Å². The lowest BCUT2D eigenvalue weighted by atomic mass is 10.1. The number of thiophene rings is 1. The third kappa shape index (κ3) is 1.68. The molecule has 0 aliphatic carbocycles. The molecule has 0 saturated carbocycles. The molecule has 1 radical (unpaired) electrons. The Kier molecular flexibility index (Phi) is 2.34. The maximum Gasteiger partial charge on any atom is 0.110 e. The first-order valence-electron chi connectivity index (χ1n) is 4.28. The number of rotatable bonds is 1. The van der Waals surface area contributed by atoms with Crippen molar-refractivity contribution in [2.45, 2.75) is 6.92 Å². The van der Waals surface area contributed by atoms with Crippen molar-refractivity contribution in [3.63, 3.8) is 0 Å². The number of nitrogens with zero attached hydrogens (tertiary/aromatic N) is 1. The molecule has 0 unspecified atom stereocenters. The molecule has 0 fully saturated rings. The lowest BCUT2D eigenvalue weighted by Crippen LogP contribution is -1.73. The molecule has 0 aliphatic heterocycles. The summed E-state index contributed by atoms with van der Waals surface area (Å²) in [6.07, 6.45) is 0. The largest absolute Gasteiger partial charge is 0.192 e. The van der Waals surface area contributed by atoms with Crippen molar-refractivity contribution in [2.24, 2.45) is 0 Å². The van der Waals surface area contributed by atoms with E-state index in [4.69, 9.17) is 5.26 Å². The number of benzene rings is 1. The maximum absolute atomic E-state index is 8.69. The van der Waals surface area contributed by atoms with E-state index in [1.807, 2.05) is 31.2 Å². The number of hydrogen-bond donors (Lipinski definition) is 0. The number of nitriles is 1. The van der Waals surface area contributed by atoms with Crippen molar-refractivity contribution in [1.82, 2.24) is 0 Å². The smallest absolute Gasteiger partial charge is 0.110 e. The van der Waals surface area contributed by atoms with Crippen molar-refractivity contribution >= 4 is 11.3 Å². The van der Waals surface area contributed by atoms with E-state index < -0.39 is 0 Å². The van der Waals surface area contributed by atoms with Gasteiger partial charge in [-0.05, 0) is 42.3 Å². The molecule has 0 amide bonds. The van der Waals surface area contributed by atoms with Crippen LogP contribution in [0.3, 0.4) is 0 Å². The first-order valence-corrected chi connectivity index (χ1v) is 5.10. The van der Waals surface area contributed by atoms with Crippen LogP contribution in [0, 0.1) is 24.3 Å². The highest BCUT2D eigenvalue weighted by Gasteiger charge is 2.01. The molecular formula is C12H8NS. The Labute approximate surface area is 87.3 Å². The van der Waals surface area contributed by atoms with E-state index in [2.05, 4.69) is 18.2 Å². The maximum atomic E-state index is 8.69. The fourth-order valence-corrected chi connectivity index (χ4v) is 2.01. The Morgan fingerprint density at radius 2 is 2.14 bits per heavy atom. The minimum Gasteiger partial charge on any atom is -0.192 e. The van der Waals surface area contributed by atoms with Gasteiger partial charge in [0, 0.05) is 4.88 Å². The van der Waals surface area contributed by atoms with Crippen LogP contribution in [0.4, 0.5) is 0 Å². The average molecular weight is 198 g/mol. The second-order valence-corrected chi connectivity index (χ2v) is 4.12. The molecule has 0 N–H and O–H groups in total. The molecule has 2 rings (SSSR count). The van der Waals surface area contributed by atoms with Crippen molar-refractivity contribution in [1.29, 1.82) is 5.26 Å². The number of aryl methyl sites for hydroxylation is 1. The van der Waals surface area contributed by atoms with Crippen LogP contribution in [0.1, 0.15) is 10.4 Å². The molecule has 0 spiro atoms. The Hall–Kier alpha value is -1.59. The van der Waals surface area contributed by atoms with Crippen LogP contribution >= 0.6 is 11.3 Å². The van der Waals surface area contributed by atoms with Crippen molar-refractivity contribution in [2.75, 3.05) is 0 Å². The monoisotopic (exact) mass is 198 g/mol. The zero-order chi connectivity index (χ0) is 9.97. The quantitative estimate of drug-likeness (QED) is 0.689. The molecule has 1 aromatic heterocycles. The van der Waals surface area contributed by atoms with Gasteiger partial charge >= 0.3 is 0 Å². The number of hydrogen-bond acceptors (Lipinski definition) is 2. The van der Waals surface area contributed by atoms with Crippen molar-refractivity contribution in [3.05, 3.63) is 46.8 Å². The highest BCUT2D eigenvalue weighted by Crippen LogP contribution is 2.27. The molecule has 67 valence electrons. The third-order valence-electron chi connectivity index (χ3n) is 1.97. The Balaban J connectivity index is 2.40. The normalized spacial score (nSPS) is 9.71. The first kappa shape index (κ1) is 8.98. The van der Waals surface area contributed by atoms with Gasteiger partial charge in [-0.2, -0.15) is 5.26 Å². The molecule has 0 atom stereocenters. The SMILES string of the molecule is Cc1[c]cc(-c2ccc(C#N)s2)cc1. The van der Waals surface area contributed by atoms with Crippen LogP contribution in [0.15, 0.2) is 30.3 Å². The van der Waals surface area contributed by atoms with Gasteiger partial charge in [0.05, 0.1) is 0 Å². The summed E-state index contributed by atoms with van der Waals surface area (Å²) in [4.78, 5) is 1.87. The molecule has 0 saturated heterocycles. The van der Waals surface area contributed by atoms with E-state index in [0.29, 0.717) is 0 Å². The second kappa shape index (κ2) is 3.65. The summed E-state index contributed by atoms with van der Waals surface area (Å²) in [6.45, 7) is 2.01. The van der Waals surface area contributed by atoms with E-state index >= 15 is 0 Å². The molecule has 2 heteroatoms. The van der Waals surface area contributed by atoms with Crippen LogP contribution in [0.25, 0.3) is 10.4 Å². The molecule has 1 nitrogen and oxygen atoms in total. The van der Waals surface area contributed by atoms with Gasteiger partial charge in [-0.15, -0.1) is 11.3 Å². The molecular weight excluding hydrogens is 190 g/mol. The Morgan fingerprint density at radius 3 is 2.71 bits per heavy atom. The lowest BCUT2D eigenvalue weighted by molar-refractivity contribution is 1.46. The molecule has 1 aromatic carbocycles. The van der Waals surface area contributed by atoms with E-state index in [1.165, 1.54) is 11.3 Å². The van der Waals surface area contributed by atoms with E-state index in [0.717, 1.165) is 20.9 Å². The summed E-state index contributed by atoms with van der Waals surface area (Å²) < 4.78 is 0. The van der Waals surface area contributed by atoms with Crippen LogP contribution in [0.5, 0.6) is 0 Å². The van der Waals surface area contributed by atoms with Gasteiger partial charge in [-0.1, -0.05) is 12.1 Å². The van der Waals surface area contributed by atoms with Crippen molar-refractivity contribution in [3.8, 4) is 16.5 Å². The minimum absolute atomic E-state index is 0.751. The molecule has 0 aliphatic rings. The summed E-state index contributed by atoms with van der Waals surface area (Å²) in [5.41, 5.74) is 2.26. The summed E-state index contributed by atoms with van der Waals surface area (Å²) in [7, 11) is 0. The fraction of sp³-hybridized carbons (Fsp3) is 0.0833. The van der Waals surface area contributed by atoms with E-state index in [9.17, 15) is 0 Å². The second-order valence-electron chi connectivity index (χ2n) is 3.04. The molecule has 2 aromatic rings. The standard InChI is InChI=1S/C12H8NS/c1-9-2-4-10(5-3-9)12-7-6-11(8-13)14-12/h2,4-7H,1H3. The zero-order valence-electron chi connectivity index (χ0n) is 7.74. The van der Waals surface area contributed by atoms with Gasteiger partial charge in [0.2, 0.25) is 0 Å². The van der Waals surface area contributed by atoms with E-state index in [-0.39, 0.29) is 0 Å². The molecule has 0 bridgehead atoms. The van der Waals surface area contributed by atoms with Gasteiger partial charge in [-0.3, -0.25) is 0 Å². The highest BCUT2D eigenvalue weighted by molar-refractivity contribution is 7.16. The summed E-state index contributed by atoms with van der Waals surface area (Å²) in [5.74, 6) is 0. The predicted octanol–water partition coefficient (Wildman–Crippen LogP) is 3.40. The van der Waals surface area contributed by atoms with Gasteiger partial charge in [0.25, 0.3) is 0 Å². The highest BCUT2D eigenvalue weighted by atomic mass is 32.1. The summed E-state index contributed by atoms with van der Waals surface area (Å²) in [6, 6.07) is 15.2. The van der Waals surface area contributed by atoms with Crippen LogP contribution in [0.2, 0.25) is 0 Å². The molecule has 1 heterocycles. The van der Waals surface area contributed by atoms with Crippen LogP contribution in [-0.2, 0) is 0 Å². The van der Waals surface area contributed by atoms with Crippen LogP contribution in [-0.4, -0.2) is 0 Å². The van der Waals surface area contributed by atoms with Gasteiger partial charge in [0.15, 0.2) is 0 Å². The Bertz CT molecular complexity index is 474. The predicted molar refractivity (Wildman–Crippen MR) is 58.0 cm³/mol. The van der Waals surface area contributed by atoms with Gasteiger partial charge in [-0.25, -0.2) is 0 Å². The minimum atomic E-state index is 0.751. The van der Waals surface area contributed by atoms with Gasteiger partial charge < -0.3 is 0 Å². The summed E-state index contributed by atoms with van der Waals surface area (Å²) >= 11 is 1.51. The lowest BCUT2D eigenvalue weighted by Gasteiger charge is -1.96. The van der Waals surface area contributed by atoms with Gasteiger partial charge in [0.1, 0.15) is 10.9 Å². The Morgan fingerprint density at radius 1 is 1.29 bits per heavy atom. The third-order valence-corrected chi connectivity index (χ3v) is 3.01. The summed E-state index contributed by atoms with van der Waals surface area (Å²) in [5, 5.41) is 8.69. The fourth-order valence-electron chi connectivity index (χ4n) is 1.21.